The van der Waals surface area contributed by atoms with Crippen molar-refractivity contribution in [1.82, 2.24) is 0 Å². The van der Waals surface area contributed by atoms with Gasteiger partial charge < -0.3 is 14.8 Å². The Labute approximate surface area is 126 Å². The van der Waals surface area contributed by atoms with Gasteiger partial charge in [0.05, 0.1) is 24.9 Å². The van der Waals surface area contributed by atoms with Gasteiger partial charge in [0.1, 0.15) is 11.5 Å². The van der Waals surface area contributed by atoms with Gasteiger partial charge in [-0.05, 0) is 24.2 Å². The highest BCUT2D eigenvalue weighted by molar-refractivity contribution is 6.32. The lowest BCUT2D eigenvalue weighted by molar-refractivity contribution is 0.366. The number of hydrogen-bond acceptors (Lipinski definition) is 3. The Hall–Kier alpha value is -1.09. The first-order valence-electron chi connectivity index (χ1n) is 7.04. The lowest BCUT2D eigenvalue weighted by Gasteiger charge is -2.22. The van der Waals surface area contributed by atoms with E-state index in [2.05, 4.69) is 26.1 Å². The Morgan fingerprint density at radius 2 is 1.80 bits per heavy atom. The van der Waals surface area contributed by atoms with E-state index in [4.69, 9.17) is 21.1 Å². The van der Waals surface area contributed by atoms with E-state index in [0.717, 1.165) is 17.9 Å². The fraction of sp³-hybridized carbons (Fsp3) is 0.625. The standard InChI is InChI=1S/C16H24ClNO2/c1-10-8-16(2,3)9-13(10)18-12-7-14(19-4)11(17)6-15(12)20-5/h6-7,10,13,18H,8-9H2,1-5H3. The van der Waals surface area contributed by atoms with Crippen LogP contribution >= 0.6 is 11.6 Å². The fourth-order valence-electron chi connectivity index (χ4n) is 3.26. The highest BCUT2D eigenvalue weighted by Gasteiger charge is 2.36. The van der Waals surface area contributed by atoms with Crippen molar-refractivity contribution in [3.8, 4) is 11.5 Å². The summed E-state index contributed by atoms with van der Waals surface area (Å²) in [5.74, 6) is 2.06. The third-order valence-electron chi connectivity index (χ3n) is 4.15. The van der Waals surface area contributed by atoms with E-state index in [1.54, 1.807) is 20.3 Å². The zero-order valence-corrected chi connectivity index (χ0v) is 13.7. The summed E-state index contributed by atoms with van der Waals surface area (Å²) >= 11 is 6.14. The highest BCUT2D eigenvalue weighted by Crippen LogP contribution is 2.44. The number of ether oxygens (including phenoxy) is 2. The third-order valence-corrected chi connectivity index (χ3v) is 4.44. The Bertz CT molecular complexity index is 488. The monoisotopic (exact) mass is 297 g/mol. The molecule has 0 aromatic heterocycles. The van der Waals surface area contributed by atoms with Crippen molar-refractivity contribution in [2.24, 2.45) is 11.3 Å². The van der Waals surface area contributed by atoms with Crippen LogP contribution in [-0.4, -0.2) is 20.3 Å². The van der Waals surface area contributed by atoms with Crippen LogP contribution in [-0.2, 0) is 0 Å². The van der Waals surface area contributed by atoms with Crippen molar-refractivity contribution < 1.29 is 9.47 Å². The van der Waals surface area contributed by atoms with Gasteiger partial charge in [0.15, 0.2) is 0 Å². The van der Waals surface area contributed by atoms with Crippen molar-refractivity contribution in [3.05, 3.63) is 17.2 Å². The summed E-state index contributed by atoms with van der Waals surface area (Å²) in [5.41, 5.74) is 1.34. The smallest absolute Gasteiger partial charge is 0.143 e. The lowest BCUT2D eigenvalue weighted by atomic mass is 9.91. The summed E-state index contributed by atoms with van der Waals surface area (Å²) in [7, 11) is 3.28. The normalized spacial score (nSPS) is 24.5. The van der Waals surface area contributed by atoms with Crippen molar-refractivity contribution in [1.29, 1.82) is 0 Å². The molecule has 1 aliphatic rings. The first-order valence-corrected chi connectivity index (χ1v) is 7.42. The molecule has 2 unspecified atom stereocenters. The van der Waals surface area contributed by atoms with Gasteiger partial charge in [-0.15, -0.1) is 0 Å². The Morgan fingerprint density at radius 3 is 2.30 bits per heavy atom. The second-order valence-corrected chi connectivity index (χ2v) is 6.89. The van der Waals surface area contributed by atoms with Gasteiger partial charge in [-0.2, -0.15) is 0 Å². The molecule has 0 bridgehead atoms. The fourth-order valence-corrected chi connectivity index (χ4v) is 3.49. The number of rotatable bonds is 4. The molecule has 2 rings (SSSR count). The summed E-state index contributed by atoms with van der Waals surface area (Å²) in [4.78, 5) is 0. The van der Waals surface area contributed by atoms with Gasteiger partial charge in [-0.3, -0.25) is 0 Å². The molecule has 0 saturated heterocycles. The first-order chi connectivity index (χ1) is 9.36. The molecule has 0 radical (unpaired) electrons. The molecule has 0 amide bonds. The average Bonchev–Trinajstić information content (AvgIpc) is 2.63. The Kier molecular flexibility index (Phi) is 4.38. The van der Waals surface area contributed by atoms with E-state index in [9.17, 15) is 0 Å². The van der Waals surface area contributed by atoms with Gasteiger partial charge in [0, 0.05) is 18.2 Å². The van der Waals surface area contributed by atoms with Gasteiger partial charge in [-0.25, -0.2) is 0 Å². The number of anilines is 1. The minimum atomic E-state index is 0.390. The van der Waals surface area contributed by atoms with Crippen molar-refractivity contribution in [3.63, 3.8) is 0 Å². The first kappa shape index (κ1) is 15.3. The highest BCUT2D eigenvalue weighted by atomic mass is 35.5. The minimum Gasteiger partial charge on any atom is -0.495 e. The SMILES string of the molecule is COc1cc(NC2CC(C)(C)CC2C)c(OC)cc1Cl. The lowest BCUT2D eigenvalue weighted by Crippen LogP contribution is -2.22. The largest absolute Gasteiger partial charge is 0.495 e. The molecule has 1 aromatic rings. The van der Waals surface area contributed by atoms with Crippen LogP contribution in [0.3, 0.4) is 0 Å². The maximum Gasteiger partial charge on any atom is 0.143 e. The number of benzene rings is 1. The van der Waals surface area contributed by atoms with Gasteiger partial charge >= 0.3 is 0 Å². The predicted molar refractivity (Wildman–Crippen MR) is 84.1 cm³/mol. The molecule has 1 aliphatic carbocycles. The van der Waals surface area contributed by atoms with Crippen LogP contribution in [0.1, 0.15) is 33.6 Å². The van der Waals surface area contributed by atoms with Gasteiger partial charge in [0.2, 0.25) is 0 Å². The maximum atomic E-state index is 6.14. The topological polar surface area (TPSA) is 30.5 Å². The average molecular weight is 298 g/mol. The molecule has 1 aromatic carbocycles. The van der Waals surface area contributed by atoms with E-state index in [0.29, 0.717) is 28.1 Å². The molecule has 2 atom stereocenters. The number of nitrogens with one attached hydrogen (secondary N) is 1. The van der Waals surface area contributed by atoms with Crippen LogP contribution < -0.4 is 14.8 Å². The van der Waals surface area contributed by atoms with E-state index >= 15 is 0 Å². The van der Waals surface area contributed by atoms with E-state index in [1.807, 2.05) is 6.07 Å². The van der Waals surface area contributed by atoms with Crippen LogP contribution in [0.4, 0.5) is 5.69 Å². The summed E-state index contributed by atoms with van der Waals surface area (Å²) in [6, 6.07) is 4.16. The summed E-state index contributed by atoms with van der Waals surface area (Å²) in [6.07, 6.45) is 2.39. The molecule has 20 heavy (non-hydrogen) atoms. The van der Waals surface area contributed by atoms with E-state index < -0.39 is 0 Å². The molecule has 1 N–H and O–H groups in total. The number of hydrogen-bond donors (Lipinski definition) is 1. The summed E-state index contributed by atoms with van der Waals surface area (Å²) in [5, 5.41) is 4.17. The maximum absolute atomic E-state index is 6.14. The van der Waals surface area contributed by atoms with Crippen LogP contribution in [0.25, 0.3) is 0 Å². The molecule has 0 aliphatic heterocycles. The molecular formula is C16H24ClNO2. The van der Waals surface area contributed by atoms with Gasteiger partial charge in [0.25, 0.3) is 0 Å². The second-order valence-electron chi connectivity index (χ2n) is 6.49. The number of methoxy groups -OCH3 is 2. The molecule has 3 nitrogen and oxygen atoms in total. The van der Waals surface area contributed by atoms with Crippen molar-refractivity contribution >= 4 is 17.3 Å². The molecule has 1 fully saturated rings. The Morgan fingerprint density at radius 1 is 1.15 bits per heavy atom. The molecule has 4 heteroatoms. The van der Waals surface area contributed by atoms with Crippen LogP contribution in [0.2, 0.25) is 5.02 Å². The van der Waals surface area contributed by atoms with Crippen LogP contribution in [0.5, 0.6) is 11.5 Å². The van der Waals surface area contributed by atoms with Crippen molar-refractivity contribution in [2.75, 3.05) is 19.5 Å². The zero-order chi connectivity index (χ0) is 14.9. The zero-order valence-electron chi connectivity index (χ0n) is 12.9. The summed E-state index contributed by atoms with van der Waals surface area (Å²) < 4.78 is 10.7. The quantitative estimate of drug-likeness (QED) is 0.881. The summed E-state index contributed by atoms with van der Waals surface area (Å²) in [6.45, 7) is 6.95. The van der Waals surface area contributed by atoms with Crippen LogP contribution in [0, 0.1) is 11.3 Å². The van der Waals surface area contributed by atoms with E-state index in [1.165, 1.54) is 6.42 Å². The Balaban J connectivity index is 2.24. The van der Waals surface area contributed by atoms with E-state index in [-0.39, 0.29) is 0 Å². The molecular weight excluding hydrogens is 274 g/mol. The predicted octanol–water partition coefficient (Wildman–Crippen LogP) is 4.59. The second kappa shape index (κ2) is 5.72. The molecule has 112 valence electrons. The number of halogens is 1. The van der Waals surface area contributed by atoms with Crippen LogP contribution in [0.15, 0.2) is 12.1 Å². The van der Waals surface area contributed by atoms with Crippen molar-refractivity contribution in [2.45, 2.75) is 39.7 Å². The molecule has 1 saturated carbocycles. The molecule has 0 spiro atoms. The molecule has 0 heterocycles. The minimum absolute atomic E-state index is 0.390. The van der Waals surface area contributed by atoms with Gasteiger partial charge in [-0.1, -0.05) is 32.4 Å². The third kappa shape index (κ3) is 3.14.